The molecule has 0 spiro atoms. The van der Waals surface area contributed by atoms with Crippen LogP contribution in [-0.2, 0) is 9.59 Å². The highest BCUT2D eigenvalue weighted by atomic mass is 16.2. The quantitative estimate of drug-likeness (QED) is 0.866. The maximum Gasteiger partial charge on any atom is 0.241 e. The monoisotopic (exact) mass is 316 g/mol. The van der Waals surface area contributed by atoms with Crippen molar-refractivity contribution in [1.82, 2.24) is 10.2 Å². The Morgan fingerprint density at radius 2 is 2.00 bits per heavy atom. The first-order valence-corrected chi connectivity index (χ1v) is 7.44. The molecule has 1 aromatic rings. The van der Waals surface area contributed by atoms with Gasteiger partial charge < -0.3 is 10.6 Å². The molecule has 0 aromatic heterocycles. The van der Waals surface area contributed by atoms with Gasteiger partial charge in [0.15, 0.2) is 0 Å². The lowest BCUT2D eigenvalue weighted by Gasteiger charge is -2.26. The molecule has 1 atom stereocenters. The molecule has 0 heterocycles. The number of carbonyl (C=O) groups is 2. The molecule has 23 heavy (non-hydrogen) atoms. The second kappa shape index (κ2) is 7.75. The second-order valence-corrected chi connectivity index (χ2v) is 6.57. The molecule has 6 heteroatoms. The minimum Gasteiger partial charge on any atom is -0.350 e. The van der Waals surface area contributed by atoms with Gasteiger partial charge in [0.05, 0.1) is 24.2 Å². The molecule has 2 N–H and O–H groups in total. The molecule has 0 aliphatic carbocycles. The van der Waals surface area contributed by atoms with Gasteiger partial charge in [-0.1, -0.05) is 6.07 Å². The smallest absolute Gasteiger partial charge is 0.241 e. The normalized spacial score (nSPS) is 12.4. The fourth-order valence-corrected chi connectivity index (χ4v) is 1.93. The lowest BCUT2D eigenvalue weighted by Crippen LogP contribution is -2.49. The Kier molecular flexibility index (Phi) is 6.28. The van der Waals surface area contributed by atoms with E-state index in [1.807, 2.05) is 26.8 Å². The number of benzene rings is 1. The molecule has 6 nitrogen and oxygen atoms in total. The molecular formula is C17H24N4O2. The van der Waals surface area contributed by atoms with Gasteiger partial charge in [-0.15, -0.1) is 0 Å². The predicted octanol–water partition coefficient (Wildman–Crippen LogP) is 1.73. The first-order chi connectivity index (χ1) is 10.6. The largest absolute Gasteiger partial charge is 0.350 e. The SMILES string of the molecule is C[C@H](C(=O)Nc1cccc(C#N)c1)N(C)CC(=O)NC(C)(C)C. The minimum atomic E-state index is -0.480. The summed E-state index contributed by atoms with van der Waals surface area (Å²) in [6.45, 7) is 7.58. The number of hydrogen-bond donors (Lipinski definition) is 2. The molecule has 1 rings (SSSR count). The third kappa shape index (κ3) is 6.49. The Morgan fingerprint density at radius 1 is 1.35 bits per heavy atom. The highest BCUT2D eigenvalue weighted by Gasteiger charge is 2.22. The van der Waals surface area contributed by atoms with Crippen molar-refractivity contribution in [3.8, 4) is 6.07 Å². The van der Waals surface area contributed by atoms with Crippen molar-refractivity contribution in [2.75, 3.05) is 18.9 Å². The Bertz CT molecular complexity index is 614. The number of hydrogen-bond acceptors (Lipinski definition) is 4. The first-order valence-electron chi connectivity index (χ1n) is 7.44. The lowest BCUT2D eigenvalue weighted by molar-refractivity contribution is -0.125. The van der Waals surface area contributed by atoms with Crippen molar-refractivity contribution >= 4 is 17.5 Å². The molecule has 0 aliphatic heterocycles. The van der Waals surface area contributed by atoms with Crippen molar-refractivity contribution in [3.63, 3.8) is 0 Å². The van der Waals surface area contributed by atoms with Crippen LogP contribution in [0.5, 0.6) is 0 Å². The summed E-state index contributed by atoms with van der Waals surface area (Å²) in [5, 5.41) is 14.5. The van der Waals surface area contributed by atoms with Gasteiger partial charge in [-0.2, -0.15) is 5.26 Å². The fraction of sp³-hybridized carbons (Fsp3) is 0.471. The van der Waals surface area contributed by atoms with Crippen LogP contribution in [0.2, 0.25) is 0 Å². The molecule has 0 saturated heterocycles. The van der Waals surface area contributed by atoms with E-state index in [2.05, 4.69) is 10.6 Å². The maximum absolute atomic E-state index is 12.3. The van der Waals surface area contributed by atoms with E-state index >= 15 is 0 Å². The summed E-state index contributed by atoms with van der Waals surface area (Å²) < 4.78 is 0. The summed E-state index contributed by atoms with van der Waals surface area (Å²) >= 11 is 0. The first kappa shape index (κ1) is 18.7. The highest BCUT2D eigenvalue weighted by molar-refractivity contribution is 5.95. The van der Waals surface area contributed by atoms with Gasteiger partial charge in [-0.25, -0.2) is 0 Å². The Labute approximate surface area is 137 Å². The molecule has 0 fully saturated rings. The number of likely N-dealkylation sites (N-methyl/N-ethyl adjacent to an activating group) is 1. The van der Waals surface area contributed by atoms with Crippen LogP contribution in [0.25, 0.3) is 0 Å². The molecule has 0 unspecified atom stereocenters. The zero-order valence-corrected chi connectivity index (χ0v) is 14.3. The van der Waals surface area contributed by atoms with Gasteiger partial charge >= 0.3 is 0 Å². The van der Waals surface area contributed by atoms with E-state index in [0.717, 1.165) is 0 Å². The van der Waals surface area contributed by atoms with Crippen LogP contribution in [0.4, 0.5) is 5.69 Å². The summed E-state index contributed by atoms with van der Waals surface area (Å²) in [5.74, 6) is -0.364. The average Bonchev–Trinajstić information content (AvgIpc) is 2.44. The zero-order valence-electron chi connectivity index (χ0n) is 14.3. The summed E-state index contributed by atoms with van der Waals surface area (Å²) in [4.78, 5) is 25.8. The number of amides is 2. The van der Waals surface area contributed by atoms with Crippen LogP contribution < -0.4 is 10.6 Å². The number of rotatable bonds is 5. The average molecular weight is 316 g/mol. The van der Waals surface area contributed by atoms with Crippen LogP contribution >= 0.6 is 0 Å². The van der Waals surface area contributed by atoms with Gasteiger partial charge in [0, 0.05) is 11.2 Å². The van der Waals surface area contributed by atoms with E-state index in [9.17, 15) is 9.59 Å². The van der Waals surface area contributed by atoms with E-state index in [1.54, 1.807) is 43.1 Å². The summed E-state index contributed by atoms with van der Waals surface area (Å²) in [6, 6.07) is 8.25. The number of carbonyl (C=O) groups excluding carboxylic acids is 2. The lowest BCUT2D eigenvalue weighted by atomic mass is 10.1. The highest BCUT2D eigenvalue weighted by Crippen LogP contribution is 2.11. The number of nitrogens with zero attached hydrogens (tertiary/aromatic N) is 2. The summed E-state index contributed by atoms with van der Waals surface area (Å²) in [5.41, 5.74) is 0.739. The van der Waals surface area contributed by atoms with Crippen LogP contribution in [0.3, 0.4) is 0 Å². The van der Waals surface area contributed by atoms with Crippen molar-refractivity contribution in [1.29, 1.82) is 5.26 Å². The third-order valence-electron chi connectivity index (χ3n) is 3.21. The van der Waals surface area contributed by atoms with Crippen LogP contribution in [-0.4, -0.2) is 41.9 Å². The van der Waals surface area contributed by atoms with Crippen molar-refractivity contribution in [3.05, 3.63) is 29.8 Å². The van der Waals surface area contributed by atoms with Gasteiger partial charge in [0.1, 0.15) is 0 Å². The van der Waals surface area contributed by atoms with E-state index in [1.165, 1.54) is 0 Å². The van der Waals surface area contributed by atoms with Crippen molar-refractivity contribution in [2.24, 2.45) is 0 Å². The van der Waals surface area contributed by atoms with Gasteiger partial charge in [-0.3, -0.25) is 14.5 Å². The van der Waals surface area contributed by atoms with E-state index in [4.69, 9.17) is 5.26 Å². The molecular weight excluding hydrogens is 292 g/mol. The number of nitrogens with one attached hydrogen (secondary N) is 2. The molecule has 0 radical (unpaired) electrons. The van der Waals surface area contributed by atoms with Crippen LogP contribution in [0, 0.1) is 11.3 Å². The molecule has 2 amide bonds. The second-order valence-electron chi connectivity index (χ2n) is 6.57. The Morgan fingerprint density at radius 3 is 2.57 bits per heavy atom. The van der Waals surface area contributed by atoms with E-state index in [-0.39, 0.29) is 23.9 Å². The van der Waals surface area contributed by atoms with Crippen molar-refractivity contribution in [2.45, 2.75) is 39.3 Å². The topological polar surface area (TPSA) is 85.2 Å². The van der Waals surface area contributed by atoms with Gasteiger partial charge in [0.2, 0.25) is 11.8 Å². The number of anilines is 1. The van der Waals surface area contributed by atoms with Gasteiger partial charge in [0.25, 0.3) is 0 Å². The van der Waals surface area contributed by atoms with E-state index in [0.29, 0.717) is 11.3 Å². The fourth-order valence-electron chi connectivity index (χ4n) is 1.93. The summed E-state index contributed by atoms with van der Waals surface area (Å²) in [7, 11) is 1.72. The Hall–Kier alpha value is -2.39. The van der Waals surface area contributed by atoms with E-state index < -0.39 is 6.04 Å². The molecule has 0 saturated carbocycles. The minimum absolute atomic E-state index is 0.129. The van der Waals surface area contributed by atoms with Crippen LogP contribution in [0.15, 0.2) is 24.3 Å². The maximum atomic E-state index is 12.3. The third-order valence-corrected chi connectivity index (χ3v) is 3.21. The molecule has 0 bridgehead atoms. The predicted molar refractivity (Wildman–Crippen MR) is 89.8 cm³/mol. The summed E-state index contributed by atoms with van der Waals surface area (Å²) in [6.07, 6.45) is 0. The Balaban J connectivity index is 2.61. The van der Waals surface area contributed by atoms with Crippen molar-refractivity contribution < 1.29 is 9.59 Å². The zero-order chi connectivity index (χ0) is 17.6. The standard InChI is InChI=1S/C17H24N4O2/c1-12(21(5)11-15(22)20-17(2,3)4)16(23)19-14-8-6-7-13(9-14)10-18/h6-9,12H,11H2,1-5H3,(H,19,23)(H,20,22)/t12-/m1/s1. The van der Waals surface area contributed by atoms with Crippen LogP contribution in [0.1, 0.15) is 33.3 Å². The molecule has 124 valence electrons. The number of nitriles is 1. The molecule has 0 aliphatic rings. The van der Waals surface area contributed by atoms with Gasteiger partial charge in [-0.05, 0) is 52.9 Å². The molecule has 1 aromatic carbocycles.